The van der Waals surface area contributed by atoms with Gasteiger partial charge in [-0.2, -0.15) is 4.31 Å². The minimum absolute atomic E-state index is 0.0637. The van der Waals surface area contributed by atoms with Gasteiger partial charge in [0.2, 0.25) is 10.0 Å². The number of imidazole rings is 1. The fourth-order valence-corrected chi connectivity index (χ4v) is 5.32. The number of rotatable bonds is 7. The third kappa shape index (κ3) is 4.83. The molecule has 4 rings (SSSR count). The number of anilines is 1. The summed E-state index contributed by atoms with van der Waals surface area (Å²) in [6.45, 7) is 3.01. The summed E-state index contributed by atoms with van der Waals surface area (Å²) < 4.78 is 58.9. The number of H-pyrrole nitrogens is 1. The van der Waals surface area contributed by atoms with Crippen LogP contribution in [0.25, 0.3) is 11.0 Å². The lowest BCUT2D eigenvalue weighted by Gasteiger charge is -2.26. The Labute approximate surface area is 190 Å². The highest BCUT2D eigenvalue weighted by Crippen LogP contribution is 2.31. The second-order valence-corrected chi connectivity index (χ2v) is 9.60. The maximum absolute atomic E-state index is 13.1. The minimum Gasteiger partial charge on any atom is -0.492 e. The maximum atomic E-state index is 13.1. The lowest BCUT2D eigenvalue weighted by molar-refractivity contribution is 0.102. The first kappa shape index (κ1) is 23.1. The van der Waals surface area contributed by atoms with Gasteiger partial charge in [0.05, 0.1) is 28.2 Å². The number of hydrogen-bond acceptors (Lipinski definition) is 5. The molecule has 8 nitrogen and oxygen atoms in total. The molecule has 0 radical (unpaired) electrons. The van der Waals surface area contributed by atoms with Gasteiger partial charge in [-0.25, -0.2) is 22.2 Å². The molecule has 1 aromatic heterocycles. The normalized spacial score (nSPS) is 15.2. The van der Waals surface area contributed by atoms with Gasteiger partial charge in [-0.1, -0.05) is 6.42 Å². The number of carbonyl (C=O) groups excluding carboxylic acids is 1. The fraction of sp³-hybridized carbons (Fsp3) is 0.364. The van der Waals surface area contributed by atoms with E-state index in [9.17, 15) is 22.0 Å². The smallest absolute Gasteiger partial charge is 0.295 e. The van der Waals surface area contributed by atoms with Crippen LogP contribution in [0.1, 0.15) is 48.8 Å². The zero-order valence-corrected chi connectivity index (χ0v) is 18.8. The molecule has 1 amide bonds. The van der Waals surface area contributed by atoms with Gasteiger partial charge in [0, 0.05) is 18.7 Å². The van der Waals surface area contributed by atoms with Gasteiger partial charge in [0.1, 0.15) is 5.75 Å². The van der Waals surface area contributed by atoms with Crippen molar-refractivity contribution in [2.24, 2.45) is 0 Å². The predicted octanol–water partition coefficient (Wildman–Crippen LogP) is 4.33. The summed E-state index contributed by atoms with van der Waals surface area (Å²) in [5.41, 5.74) is 1.01. The van der Waals surface area contributed by atoms with Gasteiger partial charge in [-0.15, -0.1) is 0 Å². The summed E-state index contributed by atoms with van der Waals surface area (Å²) in [4.78, 5) is 19.3. The Balaban J connectivity index is 1.63. The average Bonchev–Trinajstić information content (AvgIpc) is 3.25. The van der Waals surface area contributed by atoms with Crippen LogP contribution < -0.4 is 10.1 Å². The zero-order chi connectivity index (χ0) is 23.6. The van der Waals surface area contributed by atoms with Crippen LogP contribution in [0.15, 0.2) is 41.3 Å². The highest BCUT2D eigenvalue weighted by molar-refractivity contribution is 7.89. The van der Waals surface area contributed by atoms with E-state index < -0.39 is 28.2 Å². The number of ether oxygens (including phenoxy) is 1. The summed E-state index contributed by atoms with van der Waals surface area (Å²) in [5.74, 6) is -0.693. The molecule has 0 atom stereocenters. The molecule has 2 N–H and O–H groups in total. The Morgan fingerprint density at radius 1 is 1.18 bits per heavy atom. The van der Waals surface area contributed by atoms with Gasteiger partial charge in [0.15, 0.2) is 5.82 Å². The first-order chi connectivity index (χ1) is 15.8. The van der Waals surface area contributed by atoms with E-state index in [1.54, 1.807) is 6.92 Å². The summed E-state index contributed by atoms with van der Waals surface area (Å²) >= 11 is 0. The molecule has 33 heavy (non-hydrogen) atoms. The first-order valence-corrected chi connectivity index (χ1v) is 12.1. The van der Waals surface area contributed by atoms with Crippen LogP contribution in [0, 0.1) is 0 Å². The van der Waals surface area contributed by atoms with E-state index in [4.69, 9.17) is 4.74 Å². The molecule has 0 aliphatic carbocycles. The van der Waals surface area contributed by atoms with Crippen LogP contribution in [-0.4, -0.2) is 48.3 Å². The van der Waals surface area contributed by atoms with Gasteiger partial charge in [-0.05, 0) is 56.2 Å². The molecule has 0 spiro atoms. The number of sulfonamides is 1. The minimum atomic E-state index is -3.71. The predicted molar refractivity (Wildman–Crippen MR) is 119 cm³/mol. The highest BCUT2D eigenvalue weighted by Gasteiger charge is 2.27. The number of halogens is 2. The van der Waals surface area contributed by atoms with E-state index in [0.717, 1.165) is 19.3 Å². The number of hydrogen-bond donors (Lipinski definition) is 2. The van der Waals surface area contributed by atoms with Crippen molar-refractivity contribution in [2.75, 3.05) is 25.0 Å². The summed E-state index contributed by atoms with van der Waals surface area (Å²) in [7, 11) is -3.71. The molecule has 1 saturated heterocycles. The number of aromatic amines is 1. The molecule has 3 aromatic rings. The molecule has 0 bridgehead atoms. The van der Waals surface area contributed by atoms with E-state index in [2.05, 4.69) is 15.3 Å². The number of piperidine rings is 1. The molecule has 176 valence electrons. The molecule has 1 aliphatic heterocycles. The fourth-order valence-electron chi connectivity index (χ4n) is 3.77. The number of aromatic nitrogens is 2. The van der Waals surface area contributed by atoms with Crippen molar-refractivity contribution < 1.29 is 26.7 Å². The number of nitrogens with one attached hydrogen (secondary N) is 2. The van der Waals surface area contributed by atoms with Crippen LogP contribution in [-0.2, 0) is 10.0 Å². The van der Waals surface area contributed by atoms with Crippen LogP contribution in [0.2, 0.25) is 0 Å². The first-order valence-electron chi connectivity index (χ1n) is 10.7. The number of benzene rings is 2. The van der Waals surface area contributed by atoms with Crippen LogP contribution >= 0.6 is 0 Å². The third-order valence-electron chi connectivity index (χ3n) is 5.42. The Hall–Kier alpha value is -3.05. The van der Waals surface area contributed by atoms with E-state index in [-0.39, 0.29) is 16.1 Å². The van der Waals surface area contributed by atoms with Gasteiger partial charge < -0.3 is 15.0 Å². The lowest BCUT2D eigenvalue weighted by atomic mass is 10.2. The number of amides is 1. The monoisotopic (exact) mass is 478 g/mol. The van der Waals surface area contributed by atoms with Gasteiger partial charge in [0.25, 0.3) is 12.3 Å². The lowest BCUT2D eigenvalue weighted by Crippen LogP contribution is -2.35. The topological polar surface area (TPSA) is 104 Å². The zero-order valence-electron chi connectivity index (χ0n) is 18.0. The SMILES string of the molecule is CCOc1ccc(S(=O)(=O)N2CCCCC2)cc1NC(=O)c1ccc2nc(C(F)F)[nH]c2c1. The second-order valence-electron chi connectivity index (χ2n) is 7.66. The van der Waals surface area contributed by atoms with E-state index in [1.165, 1.54) is 40.7 Å². The molecule has 0 saturated carbocycles. The van der Waals surface area contributed by atoms with Crippen molar-refractivity contribution in [3.63, 3.8) is 0 Å². The van der Waals surface area contributed by atoms with E-state index >= 15 is 0 Å². The van der Waals surface area contributed by atoms with Gasteiger partial charge >= 0.3 is 0 Å². The highest BCUT2D eigenvalue weighted by atomic mass is 32.2. The standard InChI is InChI=1S/C22H24F2N4O4S/c1-2-32-19-9-7-15(33(30,31)28-10-4-3-5-11-28)13-18(19)27-22(29)14-6-8-16-17(12-14)26-21(25-16)20(23)24/h6-9,12-13,20H,2-5,10-11H2,1H3,(H,25,26)(H,27,29). The van der Waals surface area contributed by atoms with Crippen molar-refractivity contribution in [1.82, 2.24) is 14.3 Å². The maximum Gasteiger partial charge on any atom is 0.295 e. The molecule has 0 unspecified atom stereocenters. The Morgan fingerprint density at radius 3 is 2.64 bits per heavy atom. The molecular weight excluding hydrogens is 454 g/mol. The Kier molecular flexibility index (Phi) is 6.61. The van der Waals surface area contributed by atoms with Crippen molar-refractivity contribution >= 4 is 32.7 Å². The van der Waals surface area contributed by atoms with E-state index in [0.29, 0.717) is 36.5 Å². The van der Waals surface area contributed by atoms with Crippen molar-refractivity contribution in [1.29, 1.82) is 0 Å². The summed E-state index contributed by atoms with van der Waals surface area (Å²) in [6, 6.07) is 8.71. The largest absolute Gasteiger partial charge is 0.492 e. The molecule has 1 aliphatic rings. The quantitative estimate of drug-likeness (QED) is 0.526. The summed E-state index contributed by atoms with van der Waals surface area (Å²) in [6.07, 6.45) is -0.143. The molecule has 2 aromatic carbocycles. The van der Waals surface area contributed by atoms with Crippen LogP contribution in [0.4, 0.5) is 14.5 Å². The molecule has 1 fully saturated rings. The number of alkyl halides is 2. The Morgan fingerprint density at radius 2 is 1.94 bits per heavy atom. The summed E-state index contributed by atoms with van der Waals surface area (Å²) in [5, 5.41) is 2.69. The van der Waals surface area contributed by atoms with Crippen molar-refractivity contribution in [3.05, 3.63) is 47.8 Å². The molecule has 2 heterocycles. The Bertz CT molecular complexity index is 1270. The third-order valence-corrected chi connectivity index (χ3v) is 7.32. The second kappa shape index (κ2) is 9.44. The average molecular weight is 479 g/mol. The van der Waals surface area contributed by atoms with E-state index in [1.807, 2.05) is 0 Å². The van der Waals surface area contributed by atoms with Crippen molar-refractivity contribution in [2.45, 2.75) is 37.5 Å². The molecule has 11 heteroatoms. The number of nitrogens with zero attached hydrogens (tertiary/aromatic N) is 2. The van der Waals surface area contributed by atoms with Crippen molar-refractivity contribution in [3.8, 4) is 5.75 Å². The van der Waals surface area contributed by atoms with Crippen LogP contribution in [0.3, 0.4) is 0 Å². The van der Waals surface area contributed by atoms with Gasteiger partial charge in [-0.3, -0.25) is 4.79 Å². The number of carbonyl (C=O) groups is 1. The molecular formula is C22H24F2N4O4S. The van der Waals surface area contributed by atoms with Crippen LogP contribution in [0.5, 0.6) is 5.75 Å². The number of fused-ring (bicyclic) bond motifs is 1.